The van der Waals surface area contributed by atoms with Crippen molar-refractivity contribution < 1.29 is 8.42 Å². The van der Waals surface area contributed by atoms with E-state index in [4.69, 9.17) is 5.26 Å². The number of pyridine rings is 1. The van der Waals surface area contributed by atoms with Gasteiger partial charge >= 0.3 is 0 Å². The van der Waals surface area contributed by atoms with E-state index in [1.54, 1.807) is 19.1 Å². The molecule has 0 saturated carbocycles. The fourth-order valence-electron chi connectivity index (χ4n) is 0.923. The average molecular weight is 196 g/mol. The third kappa shape index (κ3) is 2.04. The smallest absolute Gasteiger partial charge is 0.178 e. The second-order valence-corrected chi connectivity index (χ2v) is 4.67. The Morgan fingerprint density at radius 3 is 2.54 bits per heavy atom. The third-order valence-corrected chi connectivity index (χ3v) is 2.63. The number of nitriles is 1. The normalized spacial score (nSPS) is 10.8. The van der Waals surface area contributed by atoms with Gasteiger partial charge in [-0.05, 0) is 19.1 Å². The summed E-state index contributed by atoms with van der Waals surface area (Å²) in [4.78, 5) is 3.80. The van der Waals surface area contributed by atoms with Gasteiger partial charge in [-0.15, -0.1) is 0 Å². The minimum absolute atomic E-state index is 0.0133. The van der Waals surface area contributed by atoms with Gasteiger partial charge in [-0.25, -0.2) is 13.4 Å². The summed E-state index contributed by atoms with van der Waals surface area (Å²) in [5.74, 6) is 0. The monoisotopic (exact) mass is 196 g/mol. The van der Waals surface area contributed by atoms with Crippen LogP contribution < -0.4 is 0 Å². The van der Waals surface area contributed by atoms with Crippen LogP contribution in [0.25, 0.3) is 0 Å². The third-order valence-electron chi connectivity index (χ3n) is 1.50. The van der Waals surface area contributed by atoms with Gasteiger partial charge in [0.25, 0.3) is 0 Å². The molecule has 4 nitrogen and oxygen atoms in total. The molecule has 1 aromatic rings. The average Bonchev–Trinajstić information content (AvgIpc) is 2.01. The zero-order valence-electron chi connectivity index (χ0n) is 7.27. The fourth-order valence-corrected chi connectivity index (χ4v) is 1.68. The number of sulfone groups is 1. The van der Waals surface area contributed by atoms with Crippen molar-refractivity contribution in [1.29, 1.82) is 5.26 Å². The van der Waals surface area contributed by atoms with Crippen LogP contribution in [0.5, 0.6) is 0 Å². The number of aromatic nitrogens is 1. The minimum Gasteiger partial charge on any atom is -0.241 e. The summed E-state index contributed by atoms with van der Waals surface area (Å²) in [6.45, 7) is 1.70. The van der Waals surface area contributed by atoms with Gasteiger partial charge in [0.1, 0.15) is 11.0 Å². The van der Waals surface area contributed by atoms with E-state index in [1.165, 1.54) is 6.07 Å². The Balaban J connectivity index is 3.50. The van der Waals surface area contributed by atoms with Gasteiger partial charge < -0.3 is 0 Å². The summed E-state index contributed by atoms with van der Waals surface area (Å²) in [5.41, 5.74) is 0.589. The maximum atomic E-state index is 11.1. The largest absolute Gasteiger partial charge is 0.241 e. The molecule has 0 amide bonds. The first-order valence-corrected chi connectivity index (χ1v) is 5.42. The van der Waals surface area contributed by atoms with Gasteiger partial charge in [0.2, 0.25) is 0 Å². The molecule has 0 N–H and O–H groups in total. The van der Waals surface area contributed by atoms with Crippen LogP contribution in [-0.4, -0.2) is 19.7 Å². The lowest BCUT2D eigenvalue weighted by molar-refractivity contribution is 0.601. The molecule has 0 aromatic carbocycles. The van der Waals surface area contributed by atoms with Gasteiger partial charge in [0.15, 0.2) is 15.5 Å². The number of hydrogen-bond donors (Lipinski definition) is 0. The van der Waals surface area contributed by atoms with E-state index >= 15 is 0 Å². The Hall–Kier alpha value is -1.41. The molecule has 5 heteroatoms. The molecule has 0 radical (unpaired) electrons. The minimum atomic E-state index is -3.35. The molecular formula is C8H8N2O2S. The van der Waals surface area contributed by atoms with Crippen molar-refractivity contribution >= 4 is 9.84 Å². The lowest BCUT2D eigenvalue weighted by Crippen LogP contribution is -2.02. The van der Waals surface area contributed by atoms with Gasteiger partial charge in [-0.3, -0.25) is 0 Å². The fraction of sp³-hybridized carbons (Fsp3) is 0.250. The number of rotatable bonds is 1. The van der Waals surface area contributed by atoms with Gasteiger partial charge in [-0.2, -0.15) is 5.26 Å². The van der Waals surface area contributed by atoms with E-state index in [1.807, 2.05) is 0 Å². The van der Waals surface area contributed by atoms with E-state index in [-0.39, 0.29) is 10.6 Å². The Bertz CT molecular complexity index is 471. The van der Waals surface area contributed by atoms with Crippen molar-refractivity contribution in [1.82, 2.24) is 4.98 Å². The van der Waals surface area contributed by atoms with Crippen LogP contribution in [0.15, 0.2) is 17.0 Å². The van der Waals surface area contributed by atoms with Crippen LogP contribution in [0.1, 0.15) is 11.4 Å². The lowest BCUT2D eigenvalue weighted by Gasteiger charge is -2.00. The van der Waals surface area contributed by atoms with Crippen LogP contribution in [0.2, 0.25) is 0 Å². The second-order valence-electron chi connectivity index (χ2n) is 2.68. The maximum absolute atomic E-state index is 11.1. The predicted octanol–water partition coefficient (Wildman–Crippen LogP) is 0.665. The molecule has 68 valence electrons. The SMILES string of the molecule is Cc1ccc(S(C)(=O)=O)c(C#N)n1. The molecule has 0 fully saturated rings. The van der Waals surface area contributed by atoms with E-state index < -0.39 is 9.84 Å². The molecule has 0 aliphatic rings. The van der Waals surface area contributed by atoms with Crippen molar-refractivity contribution in [3.05, 3.63) is 23.5 Å². The van der Waals surface area contributed by atoms with Crippen LogP contribution in [0.4, 0.5) is 0 Å². The van der Waals surface area contributed by atoms with Crippen LogP contribution >= 0.6 is 0 Å². The molecule has 1 aromatic heterocycles. The van der Waals surface area contributed by atoms with Crippen LogP contribution in [0, 0.1) is 18.3 Å². The molecule has 0 bridgehead atoms. The molecule has 1 heterocycles. The lowest BCUT2D eigenvalue weighted by atomic mass is 10.3. The highest BCUT2D eigenvalue weighted by atomic mass is 32.2. The maximum Gasteiger partial charge on any atom is 0.178 e. The summed E-state index contributed by atoms with van der Waals surface area (Å²) in [7, 11) is -3.35. The Kier molecular flexibility index (Phi) is 2.34. The molecule has 0 spiro atoms. The molecule has 0 aliphatic heterocycles. The molecule has 0 unspecified atom stereocenters. The van der Waals surface area contributed by atoms with Gasteiger partial charge in [0, 0.05) is 11.9 Å². The quantitative estimate of drug-likeness (QED) is 0.661. The predicted molar refractivity (Wildman–Crippen MR) is 46.8 cm³/mol. The van der Waals surface area contributed by atoms with Crippen molar-refractivity contribution in [2.24, 2.45) is 0 Å². The second kappa shape index (κ2) is 3.15. The highest BCUT2D eigenvalue weighted by Crippen LogP contribution is 2.12. The first-order chi connectivity index (χ1) is 5.95. The first-order valence-electron chi connectivity index (χ1n) is 3.53. The summed E-state index contributed by atoms with van der Waals surface area (Å²) >= 11 is 0. The van der Waals surface area contributed by atoms with Gasteiger partial charge in [-0.1, -0.05) is 0 Å². The Morgan fingerprint density at radius 1 is 1.46 bits per heavy atom. The molecular weight excluding hydrogens is 188 g/mol. The molecule has 0 aliphatic carbocycles. The highest BCUT2D eigenvalue weighted by Gasteiger charge is 2.13. The first kappa shape index (κ1) is 9.68. The number of aryl methyl sites for hydroxylation is 1. The van der Waals surface area contributed by atoms with E-state index in [9.17, 15) is 8.42 Å². The van der Waals surface area contributed by atoms with Crippen LogP contribution in [-0.2, 0) is 9.84 Å². The van der Waals surface area contributed by atoms with E-state index in [2.05, 4.69) is 4.98 Å². The summed E-state index contributed by atoms with van der Waals surface area (Å²) in [6.07, 6.45) is 1.06. The van der Waals surface area contributed by atoms with Crippen LogP contribution in [0.3, 0.4) is 0 Å². The molecule has 1 rings (SSSR count). The Morgan fingerprint density at radius 2 is 2.08 bits per heavy atom. The highest BCUT2D eigenvalue weighted by molar-refractivity contribution is 7.90. The van der Waals surface area contributed by atoms with E-state index in [0.717, 1.165) is 6.26 Å². The standard InChI is InChI=1S/C8H8N2O2S/c1-6-3-4-8(13(2,11)12)7(5-9)10-6/h3-4H,1-2H3. The zero-order valence-corrected chi connectivity index (χ0v) is 8.09. The van der Waals surface area contributed by atoms with Crippen molar-refractivity contribution in [2.75, 3.05) is 6.26 Å². The van der Waals surface area contributed by atoms with Crippen molar-refractivity contribution in [3.63, 3.8) is 0 Å². The Labute approximate surface area is 76.8 Å². The summed E-state index contributed by atoms with van der Waals surface area (Å²) in [5, 5.41) is 8.63. The van der Waals surface area contributed by atoms with Crippen molar-refractivity contribution in [2.45, 2.75) is 11.8 Å². The summed E-state index contributed by atoms with van der Waals surface area (Å²) in [6, 6.07) is 4.72. The number of nitrogens with zero attached hydrogens (tertiary/aromatic N) is 2. The number of hydrogen-bond acceptors (Lipinski definition) is 4. The summed E-state index contributed by atoms with van der Waals surface area (Å²) < 4.78 is 22.3. The van der Waals surface area contributed by atoms with E-state index in [0.29, 0.717) is 5.69 Å². The molecule has 13 heavy (non-hydrogen) atoms. The van der Waals surface area contributed by atoms with Crippen molar-refractivity contribution in [3.8, 4) is 6.07 Å². The zero-order chi connectivity index (χ0) is 10.1. The molecule has 0 saturated heterocycles. The topological polar surface area (TPSA) is 70.8 Å². The molecule has 0 atom stereocenters. The van der Waals surface area contributed by atoms with Gasteiger partial charge in [0.05, 0.1) is 0 Å².